The van der Waals surface area contributed by atoms with Crippen LogP contribution >= 0.6 is 7.82 Å². The third-order valence-electron chi connectivity index (χ3n) is 8.74. The fraction of sp³-hybridized carbons (Fsp3) is 0.737. The average Bonchev–Trinajstić information content (AvgIpc) is 3.64. The number of likely N-dealkylation sites (N-methyl/N-ethyl adjacent to an activating group) is 1. The first kappa shape index (κ1) is 48.7. The SMILES string of the molecule is CCCCCCCC/C=C\CCCCCCCC(=O)OC[C@H](COP(=O)([O-])OCC[N+](C)(C)C)OOC(=O)CCCCCNc1ccc([N+](=O)[O-])c2nonc12. The standard InChI is InChI=1S/C38H64N5O12P/c1-5-6-7-8-9-10-11-12-13-14-15-16-17-18-20-23-35(44)50-30-32(31-52-56(48,49)51-29-28-43(2,3)4)53-54-36(45)24-21-19-22-27-39-33-25-26-34(42(46)47)38-37(33)40-55-41-38/h12-13,25-26,32H,5-11,14-24,27-31H2,1-4H3,(H-,39,41,48,49)/b13-12-/t32-/m1/s1. The van der Waals surface area contributed by atoms with E-state index in [4.69, 9.17) is 23.6 Å². The molecular formula is C38H64N5O12P. The van der Waals surface area contributed by atoms with E-state index in [1.54, 1.807) is 0 Å². The Labute approximate surface area is 331 Å². The zero-order valence-electron chi connectivity index (χ0n) is 33.8. The van der Waals surface area contributed by atoms with Crippen LogP contribution in [0.4, 0.5) is 11.4 Å². The molecule has 0 amide bonds. The molecule has 1 aromatic carbocycles. The summed E-state index contributed by atoms with van der Waals surface area (Å²) in [6.07, 6.45) is 20.1. The number of ether oxygens (including phenoxy) is 1. The fourth-order valence-corrected chi connectivity index (χ4v) is 6.17. The lowest BCUT2D eigenvalue weighted by Crippen LogP contribution is -2.37. The molecule has 0 aliphatic carbocycles. The van der Waals surface area contributed by atoms with Crippen molar-refractivity contribution in [3.05, 3.63) is 34.4 Å². The van der Waals surface area contributed by atoms with Crippen molar-refractivity contribution >= 4 is 42.2 Å². The molecule has 2 rings (SSSR count). The Kier molecular flexibility index (Phi) is 24.4. The highest BCUT2D eigenvalue weighted by molar-refractivity contribution is 7.45. The van der Waals surface area contributed by atoms with E-state index in [1.807, 2.05) is 21.1 Å². The van der Waals surface area contributed by atoms with Crippen LogP contribution in [0.15, 0.2) is 28.9 Å². The topological polar surface area (TPSA) is 215 Å². The Morgan fingerprint density at radius 1 is 0.857 bits per heavy atom. The van der Waals surface area contributed by atoms with Gasteiger partial charge in [-0.2, -0.15) is 4.89 Å². The number of hydrogen-bond donors (Lipinski definition) is 1. The normalized spacial score (nSPS) is 13.5. The van der Waals surface area contributed by atoms with E-state index in [0.717, 1.165) is 38.5 Å². The van der Waals surface area contributed by atoms with Gasteiger partial charge < -0.3 is 28.5 Å². The number of phosphoric acid groups is 1. The molecule has 18 heteroatoms. The van der Waals surface area contributed by atoms with Gasteiger partial charge in [0.25, 0.3) is 7.82 Å². The second kappa shape index (κ2) is 28.0. The first-order chi connectivity index (χ1) is 26.8. The number of allylic oxidation sites excluding steroid dienone is 2. The second-order valence-electron chi connectivity index (χ2n) is 14.9. The molecule has 1 N–H and O–H groups in total. The summed E-state index contributed by atoms with van der Waals surface area (Å²) in [5.74, 6) is -1.17. The maximum Gasteiger partial charge on any atom is 0.342 e. The zero-order chi connectivity index (χ0) is 41.1. The predicted octanol–water partition coefficient (Wildman–Crippen LogP) is 7.74. The van der Waals surface area contributed by atoms with Crippen molar-refractivity contribution in [3.63, 3.8) is 0 Å². The van der Waals surface area contributed by atoms with Gasteiger partial charge in [0.1, 0.15) is 19.8 Å². The van der Waals surface area contributed by atoms with Gasteiger partial charge in [-0.25, -0.2) is 9.42 Å². The largest absolute Gasteiger partial charge is 0.756 e. The molecule has 1 unspecified atom stereocenters. The first-order valence-electron chi connectivity index (χ1n) is 20.0. The molecular weight excluding hydrogens is 749 g/mol. The van der Waals surface area contributed by atoms with E-state index in [1.165, 1.54) is 50.7 Å². The number of esters is 1. The molecule has 1 aromatic heterocycles. The van der Waals surface area contributed by atoms with Gasteiger partial charge in [-0.3, -0.25) is 24.4 Å². The van der Waals surface area contributed by atoms with E-state index in [9.17, 15) is 29.2 Å². The van der Waals surface area contributed by atoms with Crippen LogP contribution in [0.25, 0.3) is 11.0 Å². The highest BCUT2D eigenvalue weighted by Crippen LogP contribution is 2.38. The molecule has 0 saturated carbocycles. The van der Waals surface area contributed by atoms with Gasteiger partial charge in [0, 0.05) is 25.5 Å². The molecule has 2 aromatic rings. The maximum absolute atomic E-state index is 12.4. The van der Waals surface area contributed by atoms with Crippen molar-refractivity contribution in [2.75, 3.05) is 59.4 Å². The van der Waals surface area contributed by atoms with Crippen molar-refractivity contribution in [2.24, 2.45) is 0 Å². The number of hydrogen-bond acceptors (Lipinski definition) is 15. The van der Waals surface area contributed by atoms with Gasteiger partial charge in [-0.05, 0) is 61.3 Å². The minimum Gasteiger partial charge on any atom is -0.756 e. The Morgan fingerprint density at radius 3 is 2.12 bits per heavy atom. The van der Waals surface area contributed by atoms with Crippen LogP contribution in [-0.4, -0.2) is 91.8 Å². The summed E-state index contributed by atoms with van der Waals surface area (Å²) in [5, 5.41) is 21.7. The number of anilines is 1. The molecule has 56 heavy (non-hydrogen) atoms. The van der Waals surface area contributed by atoms with Gasteiger partial charge in [0.15, 0.2) is 11.6 Å². The van der Waals surface area contributed by atoms with Crippen molar-refractivity contribution in [1.29, 1.82) is 0 Å². The molecule has 0 radical (unpaired) electrons. The Balaban J connectivity index is 1.68. The van der Waals surface area contributed by atoms with E-state index in [0.29, 0.717) is 48.9 Å². The summed E-state index contributed by atoms with van der Waals surface area (Å²) in [4.78, 5) is 57.9. The van der Waals surface area contributed by atoms with E-state index in [-0.39, 0.29) is 36.2 Å². The number of nitrogens with one attached hydrogen (secondary N) is 1. The van der Waals surface area contributed by atoms with Gasteiger partial charge in [0.05, 0.1) is 38.4 Å². The average molecular weight is 814 g/mol. The van der Waals surface area contributed by atoms with Crippen LogP contribution in [0.1, 0.15) is 122 Å². The number of rotatable bonds is 34. The molecule has 17 nitrogen and oxygen atoms in total. The van der Waals surface area contributed by atoms with Crippen molar-refractivity contribution in [1.82, 2.24) is 10.3 Å². The summed E-state index contributed by atoms with van der Waals surface area (Å²) in [6.45, 7) is 2.05. The molecule has 0 fully saturated rings. The number of nitro groups is 1. The number of quaternary nitrogens is 1. The van der Waals surface area contributed by atoms with Gasteiger partial charge >= 0.3 is 17.6 Å². The van der Waals surface area contributed by atoms with Crippen LogP contribution < -0.4 is 10.2 Å². The number of benzene rings is 1. The third kappa shape index (κ3) is 22.9. The molecule has 2 atom stereocenters. The highest BCUT2D eigenvalue weighted by Gasteiger charge is 2.22. The molecule has 0 saturated heterocycles. The molecule has 0 aliphatic heterocycles. The van der Waals surface area contributed by atoms with Crippen molar-refractivity contribution in [2.45, 2.75) is 129 Å². The first-order valence-corrected chi connectivity index (χ1v) is 21.5. The number of phosphoric ester groups is 1. The second-order valence-corrected chi connectivity index (χ2v) is 16.3. The number of fused-ring (bicyclic) bond motifs is 1. The number of carbonyl (C=O) groups excluding carboxylic acids is 2. The van der Waals surface area contributed by atoms with E-state index >= 15 is 0 Å². The zero-order valence-corrected chi connectivity index (χ0v) is 34.7. The molecule has 318 valence electrons. The molecule has 0 spiro atoms. The van der Waals surface area contributed by atoms with Gasteiger partial charge in [-0.1, -0.05) is 76.9 Å². The third-order valence-corrected chi connectivity index (χ3v) is 9.71. The molecule has 0 bridgehead atoms. The van der Waals surface area contributed by atoms with Crippen LogP contribution in [0.2, 0.25) is 0 Å². The maximum atomic E-state index is 12.4. The Hall–Kier alpha value is -3.47. The van der Waals surface area contributed by atoms with Crippen LogP contribution in [-0.2, 0) is 37.7 Å². The highest BCUT2D eigenvalue weighted by atomic mass is 31.2. The quantitative estimate of drug-likeness (QED) is 0.0105. The number of non-ortho nitro benzene ring substituents is 1. The fourth-order valence-electron chi connectivity index (χ4n) is 5.44. The minimum atomic E-state index is -4.72. The van der Waals surface area contributed by atoms with Gasteiger partial charge in [-0.15, -0.1) is 0 Å². The number of nitro benzene ring substituents is 1. The summed E-state index contributed by atoms with van der Waals surface area (Å²) < 4.78 is 32.7. The lowest BCUT2D eigenvalue weighted by atomic mass is 10.1. The predicted molar refractivity (Wildman–Crippen MR) is 209 cm³/mol. The van der Waals surface area contributed by atoms with Crippen LogP contribution in [0, 0.1) is 10.1 Å². The number of unbranched alkanes of at least 4 members (excludes halogenated alkanes) is 13. The van der Waals surface area contributed by atoms with Crippen molar-refractivity contribution < 1.29 is 56.6 Å². The minimum absolute atomic E-state index is 0.00599. The number of carbonyl (C=O) groups is 2. The van der Waals surface area contributed by atoms with Gasteiger partial charge in [0.2, 0.25) is 5.52 Å². The summed E-state index contributed by atoms with van der Waals surface area (Å²) in [7, 11) is 0.941. The summed E-state index contributed by atoms with van der Waals surface area (Å²) >= 11 is 0. The summed E-state index contributed by atoms with van der Waals surface area (Å²) in [5.41, 5.74) is 0.614. The molecule has 1 heterocycles. The van der Waals surface area contributed by atoms with Crippen molar-refractivity contribution in [3.8, 4) is 0 Å². The van der Waals surface area contributed by atoms with E-state index in [2.05, 4.69) is 39.3 Å². The Morgan fingerprint density at radius 2 is 1.46 bits per heavy atom. The smallest absolute Gasteiger partial charge is 0.342 e. The lowest BCUT2D eigenvalue weighted by molar-refractivity contribution is -0.870. The Bertz CT molecular complexity index is 1500. The van der Waals surface area contributed by atoms with E-state index < -0.39 is 44.0 Å². The lowest BCUT2D eigenvalue weighted by Gasteiger charge is -2.28. The summed E-state index contributed by atoms with van der Waals surface area (Å²) in [6, 6.07) is 2.85. The monoisotopic (exact) mass is 813 g/mol. The number of aromatic nitrogens is 2. The van der Waals surface area contributed by atoms with Crippen LogP contribution in [0.5, 0.6) is 0 Å². The molecule has 0 aliphatic rings. The van der Waals surface area contributed by atoms with Crippen LogP contribution in [0.3, 0.4) is 0 Å². The number of nitrogens with zero attached hydrogens (tertiary/aromatic N) is 4.